The minimum Gasteiger partial charge on any atom is -0.496 e. The van der Waals surface area contributed by atoms with Gasteiger partial charge in [-0.2, -0.15) is 0 Å². The lowest BCUT2D eigenvalue weighted by Gasteiger charge is -2.41. The molecule has 0 spiro atoms. The Bertz CT molecular complexity index is 482. The molecule has 2 fully saturated rings. The molecule has 4 atom stereocenters. The number of aliphatic hydroxyl groups excluding tert-OH is 1. The molecule has 2 aliphatic rings. The van der Waals surface area contributed by atoms with Crippen LogP contribution in [0.4, 0.5) is 0 Å². The Hall–Kier alpha value is -1.02. The molecule has 0 aliphatic heterocycles. The lowest BCUT2D eigenvalue weighted by atomic mass is 9.66. The molecular formula is C19H28O2. The van der Waals surface area contributed by atoms with E-state index in [4.69, 9.17) is 4.74 Å². The summed E-state index contributed by atoms with van der Waals surface area (Å²) >= 11 is 0. The standard InChI is InChI=1S/C19H28O2/c1-13-7-10-18(21-2)17(11-13)19(20)16-9-8-14-5-3-4-6-15(14)12-16/h7,10-11,14-16,19-20H,3-6,8-9,12H2,1-2H3. The van der Waals surface area contributed by atoms with E-state index < -0.39 is 0 Å². The zero-order chi connectivity index (χ0) is 14.8. The third kappa shape index (κ3) is 3.11. The number of fused-ring (bicyclic) bond motifs is 1. The summed E-state index contributed by atoms with van der Waals surface area (Å²) in [6.07, 6.45) is 8.89. The Balaban J connectivity index is 1.76. The zero-order valence-electron chi connectivity index (χ0n) is 13.3. The molecule has 0 heterocycles. The molecule has 0 radical (unpaired) electrons. The van der Waals surface area contributed by atoms with Crippen LogP contribution in [0.2, 0.25) is 0 Å². The monoisotopic (exact) mass is 288 g/mol. The van der Waals surface area contributed by atoms with Gasteiger partial charge in [0.15, 0.2) is 0 Å². The van der Waals surface area contributed by atoms with Crippen LogP contribution in [-0.4, -0.2) is 12.2 Å². The summed E-state index contributed by atoms with van der Waals surface area (Å²) in [6.45, 7) is 2.08. The van der Waals surface area contributed by atoms with Gasteiger partial charge in [-0.25, -0.2) is 0 Å². The van der Waals surface area contributed by atoms with Gasteiger partial charge in [0.1, 0.15) is 5.75 Å². The second kappa shape index (κ2) is 6.39. The van der Waals surface area contributed by atoms with Gasteiger partial charge in [-0.3, -0.25) is 0 Å². The van der Waals surface area contributed by atoms with Gasteiger partial charge < -0.3 is 9.84 Å². The highest BCUT2D eigenvalue weighted by Crippen LogP contribution is 2.47. The number of aliphatic hydroxyl groups is 1. The van der Waals surface area contributed by atoms with Gasteiger partial charge in [-0.05, 0) is 56.1 Å². The van der Waals surface area contributed by atoms with Crippen LogP contribution in [0, 0.1) is 24.7 Å². The number of methoxy groups -OCH3 is 1. The van der Waals surface area contributed by atoms with Gasteiger partial charge in [0.25, 0.3) is 0 Å². The molecule has 0 amide bonds. The molecule has 1 aromatic rings. The van der Waals surface area contributed by atoms with Crippen LogP contribution in [0.5, 0.6) is 5.75 Å². The Morgan fingerprint density at radius 2 is 1.86 bits per heavy atom. The van der Waals surface area contributed by atoms with E-state index in [0.29, 0.717) is 5.92 Å². The van der Waals surface area contributed by atoms with Crippen molar-refractivity contribution in [2.75, 3.05) is 7.11 Å². The number of hydrogen-bond donors (Lipinski definition) is 1. The minimum atomic E-state index is -0.372. The molecule has 116 valence electrons. The summed E-state index contributed by atoms with van der Waals surface area (Å²) in [4.78, 5) is 0. The first-order chi connectivity index (χ1) is 10.2. The fourth-order valence-corrected chi connectivity index (χ4v) is 4.54. The first-order valence-electron chi connectivity index (χ1n) is 8.51. The Kier molecular flexibility index (Phi) is 4.54. The van der Waals surface area contributed by atoms with Crippen LogP contribution < -0.4 is 4.74 Å². The molecule has 0 saturated heterocycles. The van der Waals surface area contributed by atoms with Crippen LogP contribution in [-0.2, 0) is 0 Å². The molecule has 1 aromatic carbocycles. The van der Waals surface area contributed by atoms with E-state index in [9.17, 15) is 5.11 Å². The molecule has 2 aliphatic carbocycles. The Labute approximate surface area is 128 Å². The molecule has 21 heavy (non-hydrogen) atoms. The van der Waals surface area contributed by atoms with Crippen molar-refractivity contribution in [1.82, 2.24) is 0 Å². The molecule has 2 nitrogen and oxygen atoms in total. The van der Waals surface area contributed by atoms with Gasteiger partial charge in [0.05, 0.1) is 13.2 Å². The maximum Gasteiger partial charge on any atom is 0.124 e. The van der Waals surface area contributed by atoms with Crippen molar-refractivity contribution in [3.8, 4) is 5.75 Å². The van der Waals surface area contributed by atoms with Crippen molar-refractivity contribution >= 4 is 0 Å². The van der Waals surface area contributed by atoms with Crippen molar-refractivity contribution in [3.05, 3.63) is 29.3 Å². The first kappa shape index (κ1) is 14.9. The normalized spacial score (nSPS) is 30.5. The Morgan fingerprint density at radius 3 is 2.62 bits per heavy atom. The average molecular weight is 288 g/mol. The highest BCUT2D eigenvalue weighted by atomic mass is 16.5. The van der Waals surface area contributed by atoms with Gasteiger partial charge in [0.2, 0.25) is 0 Å². The predicted molar refractivity (Wildman–Crippen MR) is 85.5 cm³/mol. The fourth-order valence-electron chi connectivity index (χ4n) is 4.54. The third-order valence-electron chi connectivity index (χ3n) is 5.73. The van der Waals surface area contributed by atoms with Crippen LogP contribution in [0.15, 0.2) is 18.2 Å². The number of ether oxygens (including phenoxy) is 1. The SMILES string of the molecule is COc1ccc(C)cc1C(O)C1CCC2CCCCC2C1. The second-order valence-corrected chi connectivity index (χ2v) is 7.07. The van der Waals surface area contributed by atoms with Crippen molar-refractivity contribution in [2.45, 2.75) is 58.0 Å². The Morgan fingerprint density at radius 1 is 1.10 bits per heavy atom. The van der Waals surface area contributed by atoms with Gasteiger partial charge in [-0.15, -0.1) is 0 Å². The van der Waals surface area contributed by atoms with Crippen LogP contribution in [0.25, 0.3) is 0 Å². The zero-order valence-corrected chi connectivity index (χ0v) is 13.3. The van der Waals surface area contributed by atoms with Crippen molar-refractivity contribution < 1.29 is 9.84 Å². The minimum absolute atomic E-state index is 0.372. The quantitative estimate of drug-likeness (QED) is 0.877. The number of hydrogen-bond acceptors (Lipinski definition) is 2. The maximum atomic E-state index is 10.9. The third-order valence-corrected chi connectivity index (χ3v) is 5.73. The van der Waals surface area contributed by atoms with E-state index in [2.05, 4.69) is 13.0 Å². The molecule has 3 rings (SSSR count). The summed E-state index contributed by atoms with van der Waals surface area (Å²) < 4.78 is 5.46. The number of benzene rings is 1. The van der Waals surface area contributed by atoms with Crippen molar-refractivity contribution in [1.29, 1.82) is 0 Å². The highest BCUT2D eigenvalue weighted by molar-refractivity contribution is 5.38. The summed E-state index contributed by atoms with van der Waals surface area (Å²) in [5.74, 6) is 3.02. The molecular weight excluding hydrogens is 260 g/mol. The lowest BCUT2D eigenvalue weighted by Crippen LogP contribution is -2.30. The molecule has 0 bridgehead atoms. The summed E-state index contributed by atoms with van der Waals surface area (Å²) in [5.41, 5.74) is 2.17. The van der Waals surface area contributed by atoms with Crippen molar-refractivity contribution in [2.24, 2.45) is 17.8 Å². The van der Waals surface area contributed by atoms with E-state index in [1.807, 2.05) is 12.1 Å². The van der Waals surface area contributed by atoms with Crippen molar-refractivity contribution in [3.63, 3.8) is 0 Å². The molecule has 2 saturated carbocycles. The predicted octanol–water partition coefficient (Wildman–Crippen LogP) is 4.64. The largest absolute Gasteiger partial charge is 0.496 e. The summed E-state index contributed by atoms with van der Waals surface area (Å²) in [7, 11) is 1.69. The first-order valence-corrected chi connectivity index (χ1v) is 8.51. The molecule has 2 heteroatoms. The van der Waals surface area contributed by atoms with Gasteiger partial charge >= 0.3 is 0 Å². The molecule has 1 N–H and O–H groups in total. The summed E-state index contributed by atoms with van der Waals surface area (Å²) in [6, 6.07) is 6.13. The fraction of sp³-hybridized carbons (Fsp3) is 0.684. The van der Waals surface area contributed by atoms with E-state index in [0.717, 1.165) is 23.1 Å². The van der Waals surface area contributed by atoms with E-state index >= 15 is 0 Å². The van der Waals surface area contributed by atoms with Crippen LogP contribution in [0.1, 0.15) is 62.2 Å². The number of aryl methyl sites for hydroxylation is 1. The number of rotatable bonds is 3. The topological polar surface area (TPSA) is 29.5 Å². The van der Waals surface area contributed by atoms with E-state index in [1.165, 1.54) is 50.5 Å². The second-order valence-electron chi connectivity index (χ2n) is 7.07. The van der Waals surface area contributed by atoms with E-state index in [-0.39, 0.29) is 6.10 Å². The van der Waals surface area contributed by atoms with E-state index in [1.54, 1.807) is 7.11 Å². The summed E-state index contributed by atoms with van der Waals surface area (Å²) in [5, 5.41) is 10.9. The van der Waals surface area contributed by atoms with Crippen LogP contribution in [0.3, 0.4) is 0 Å². The van der Waals surface area contributed by atoms with Crippen LogP contribution >= 0.6 is 0 Å². The average Bonchev–Trinajstić information content (AvgIpc) is 2.53. The lowest BCUT2D eigenvalue weighted by molar-refractivity contribution is 0.0336. The molecule has 4 unspecified atom stereocenters. The maximum absolute atomic E-state index is 10.9. The van der Waals surface area contributed by atoms with Gasteiger partial charge in [-0.1, -0.05) is 37.3 Å². The molecule has 0 aromatic heterocycles. The smallest absolute Gasteiger partial charge is 0.124 e. The highest BCUT2D eigenvalue weighted by Gasteiger charge is 2.36. The van der Waals surface area contributed by atoms with Gasteiger partial charge in [0, 0.05) is 5.56 Å².